The number of carbonyl (C=O) groups is 1. The van der Waals surface area contributed by atoms with Crippen LogP contribution in [0.3, 0.4) is 0 Å². The number of hydrogen-bond acceptors (Lipinski definition) is 2. The van der Waals surface area contributed by atoms with Crippen molar-refractivity contribution >= 4 is 5.91 Å². The fourth-order valence-corrected chi connectivity index (χ4v) is 2.13. The van der Waals surface area contributed by atoms with Crippen LogP contribution in [0, 0.1) is 5.92 Å². The van der Waals surface area contributed by atoms with Gasteiger partial charge < -0.3 is 10.1 Å². The first-order valence-corrected chi connectivity index (χ1v) is 5.79. The smallest absolute Gasteiger partial charge is 0.251 e. The van der Waals surface area contributed by atoms with Gasteiger partial charge in [-0.05, 0) is 23.8 Å². The maximum absolute atomic E-state index is 11.3. The summed E-state index contributed by atoms with van der Waals surface area (Å²) in [5.41, 5.74) is 1.39. The van der Waals surface area contributed by atoms with Gasteiger partial charge in [0.05, 0.1) is 6.61 Å². The van der Waals surface area contributed by atoms with Gasteiger partial charge in [-0.1, -0.05) is 30.3 Å². The van der Waals surface area contributed by atoms with Crippen LogP contribution in [0.25, 0.3) is 0 Å². The van der Waals surface area contributed by atoms with Crippen molar-refractivity contribution in [1.82, 2.24) is 5.32 Å². The molecule has 0 radical (unpaired) electrons. The van der Waals surface area contributed by atoms with Crippen molar-refractivity contribution in [2.24, 2.45) is 5.92 Å². The number of hydrogen-bond donors (Lipinski definition) is 1. The number of nitrogens with one attached hydrogen (secondary N) is 1. The highest BCUT2D eigenvalue weighted by Crippen LogP contribution is 2.46. The molecule has 16 heavy (non-hydrogen) atoms. The zero-order valence-corrected chi connectivity index (χ0v) is 9.06. The van der Waals surface area contributed by atoms with Crippen molar-refractivity contribution in [1.29, 1.82) is 0 Å². The lowest BCUT2D eigenvalue weighted by molar-refractivity contribution is -0.122. The third kappa shape index (κ3) is 2.09. The van der Waals surface area contributed by atoms with Crippen LogP contribution in [0.5, 0.6) is 0 Å². The molecule has 1 aromatic rings. The van der Waals surface area contributed by atoms with Gasteiger partial charge in [0.15, 0.2) is 6.10 Å². The van der Waals surface area contributed by atoms with E-state index in [2.05, 4.69) is 29.6 Å². The molecule has 0 aromatic heterocycles. The fourth-order valence-electron chi connectivity index (χ4n) is 2.13. The predicted octanol–water partition coefficient (Wildman–Crippen LogP) is 1.31. The number of rotatable bonds is 4. The van der Waals surface area contributed by atoms with Crippen LogP contribution < -0.4 is 5.32 Å². The highest BCUT2D eigenvalue weighted by molar-refractivity contribution is 5.82. The Morgan fingerprint density at radius 3 is 2.81 bits per heavy atom. The van der Waals surface area contributed by atoms with Gasteiger partial charge in [0.25, 0.3) is 5.91 Å². The van der Waals surface area contributed by atoms with Crippen molar-refractivity contribution in [2.45, 2.75) is 18.4 Å². The molecule has 0 bridgehead atoms. The number of epoxide rings is 1. The van der Waals surface area contributed by atoms with Crippen LogP contribution in [0.1, 0.15) is 17.9 Å². The van der Waals surface area contributed by atoms with Gasteiger partial charge in [0.1, 0.15) is 0 Å². The monoisotopic (exact) mass is 217 g/mol. The molecular weight excluding hydrogens is 202 g/mol. The Balaban J connectivity index is 1.47. The summed E-state index contributed by atoms with van der Waals surface area (Å²) in [5.74, 6) is 1.31. The van der Waals surface area contributed by atoms with Crippen LogP contribution in [-0.4, -0.2) is 25.2 Å². The zero-order chi connectivity index (χ0) is 11.0. The average Bonchev–Trinajstić information content (AvgIpc) is 3.18. The van der Waals surface area contributed by atoms with E-state index < -0.39 is 0 Å². The van der Waals surface area contributed by atoms with Crippen LogP contribution in [0.2, 0.25) is 0 Å². The van der Waals surface area contributed by atoms with E-state index in [4.69, 9.17) is 4.74 Å². The molecule has 3 heteroatoms. The lowest BCUT2D eigenvalue weighted by Gasteiger charge is -2.02. The molecule has 2 aliphatic rings. The third-order valence-electron chi connectivity index (χ3n) is 3.31. The summed E-state index contributed by atoms with van der Waals surface area (Å²) in [6.07, 6.45) is 1.03. The topological polar surface area (TPSA) is 41.6 Å². The van der Waals surface area contributed by atoms with Gasteiger partial charge in [-0.15, -0.1) is 0 Å². The zero-order valence-electron chi connectivity index (χ0n) is 9.06. The lowest BCUT2D eigenvalue weighted by atomic mass is 10.1. The van der Waals surface area contributed by atoms with Crippen molar-refractivity contribution < 1.29 is 9.53 Å². The van der Waals surface area contributed by atoms with Crippen LogP contribution in [0.4, 0.5) is 0 Å². The molecule has 0 spiro atoms. The summed E-state index contributed by atoms with van der Waals surface area (Å²) in [4.78, 5) is 11.3. The number of benzene rings is 1. The van der Waals surface area contributed by atoms with Gasteiger partial charge in [-0.3, -0.25) is 4.79 Å². The van der Waals surface area contributed by atoms with Crippen molar-refractivity contribution in [2.75, 3.05) is 13.2 Å². The molecule has 2 fully saturated rings. The maximum atomic E-state index is 11.3. The van der Waals surface area contributed by atoms with E-state index in [1.807, 2.05) is 6.07 Å². The van der Waals surface area contributed by atoms with Crippen molar-refractivity contribution in [3.63, 3.8) is 0 Å². The molecule has 1 N–H and O–H groups in total. The minimum Gasteiger partial charge on any atom is -0.363 e. The Hall–Kier alpha value is -1.35. The summed E-state index contributed by atoms with van der Waals surface area (Å²) < 4.78 is 4.92. The summed E-state index contributed by atoms with van der Waals surface area (Å²) in [7, 11) is 0. The molecule has 84 valence electrons. The van der Waals surface area contributed by atoms with E-state index in [-0.39, 0.29) is 12.0 Å². The van der Waals surface area contributed by atoms with E-state index in [1.165, 1.54) is 12.0 Å². The SMILES string of the molecule is O=C(NC[C@@H]1C[C@H]1c1ccccc1)C1CO1. The van der Waals surface area contributed by atoms with E-state index in [0.29, 0.717) is 18.4 Å². The fraction of sp³-hybridized carbons (Fsp3) is 0.462. The second-order valence-corrected chi connectivity index (χ2v) is 4.58. The van der Waals surface area contributed by atoms with Gasteiger partial charge >= 0.3 is 0 Å². The maximum Gasteiger partial charge on any atom is 0.251 e. The van der Waals surface area contributed by atoms with Gasteiger partial charge in [0, 0.05) is 6.54 Å². The third-order valence-corrected chi connectivity index (χ3v) is 3.31. The molecule has 3 nitrogen and oxygen atoms in total. The molecule has 1 aromatic carbocycles. The van der Waals surface area contributed by atoms with Crippen molar-refractivity contribution in [3.05, 3.63) is 35.9 Å². The predicted molar refractivity (Wildman–Crippen MR) is 60.0 cm³/mol. The molecule has 1 amide bonds. The molecule has 1 unspecified atom stereocenters. The Morgan fingerprint density at radius 2 is 2.12 bits per heavy atom. The minimum atomic E-state index is -0.158. The Kier molecular flexibility index (Phi) is 2.40. The number of carbonyl (C=O) groups excluding carboxylic acids is 1. The van der Waals surface area contributed by atoms with Gasteiger partial charge in [0.2, 0.25) is 0 Å². The summed E-state index contributed by atoms with van der Waals surface area (Å²) in [5, 5.41) is 2.94. The van der Waals surface area contributed by atoms with E-state index in [9.17, 15) is 4.79 Å². The van der Waals surface area contributed by atoms with Crippen LogP contribution >= 0.6 is 0 Å². The van der Waals surface area contributed by atoms with Crippen molar-refractivity contribution in [3.8, 4) is 0 Å². The summed E-state index contributed by atoms with van der Waals surface area (Å²) >= 11 is 0. The quantitative estimate of drug-likeness (QED) is 0.772. The molecule has 1 aliphatic carbocycles. The van der Waals surface area contributed by atoms with E-state index >= 15 is 0 Å². The average molecular weight is 217 g/mol. The first-order valence-electron chi connectivity index (χ1n) is 5.79. The van der Waals surface area contributed by atoms with Gasteiger partial charge in [-0.2, -0.15) is 0 Å². The largest absolute Gasteiger partial charge is 0.363 e. The van der Waals surface area contributed by atoms with E-state index in [1.54, 1.807) is 0 Å². The minimum absolute atomic E-state index is 0.0544. The molecule has 1 saturated heterocycles. The molecule has 3 rings (SSSR count). The molecule has 1 heterocycles. The normalized spacial score (nSPS) is 30.9. The highest BCUT2D eigenvalue weighted by Gasteiger charge is 2.39. The molecular formula is C13H15NO2. The Labute approximate surface area is 94.8 Å². The molecule has 3 atom stereocenters. The molecule has 1 aliphatic heterocycles. The first kappa shape index (κ1) is 9.85. The standard InChI is InChI=1S/C13H15NO2/c15-13(12-8-16-12)14-7-10-6-11(10)9-4-2-1-3-5-9/h1-5,10-12H,6-8H2,(H,14,15)/t10-,11-,12?/m0/s1. The first-order chi connectivity index (χ1) is 7.84. The summed E-state index contributed by atoms with van der Waals surface area (Å²) in [6, 6.07) is 10.5. The number of amides is 1. The lowest BCUT2D eigenvalue weighted by Crippen LogP contribution is -2.29. The summed E-state index contributed by atoms with van der Waals surface area (Å²) in [6.45, 7) is 1.39. The number of ether oxygens (including phenoxy) is 1. The van der Waals surface area contributed by atoms with Gasteiger partial charge in [-0.25, -0.2) is 0 Å². The Morgan fingerprint density at radius 1 is 1.38 bits per heavy atom. The van der Waals surface area contributed by atoms with Crippen LogP contribution in [0.15, 0.2) is 30.3 Å². The second kappa shape index (κ2) is 3.91. The second-order valence-electron chi connectivity index (χ2n) is 4.58. The van der Waals surface area contributed by atoms with E-state index in [0.717, 1.165) is 6.54 Å². The highest BCUT2D eigenvalue weighted by atomic mass is 16.6. The Bertz CT molecular complexity index is 386. The molecule has 1 saturated carbocycles. The van der Waals surface area contributed by atoms with Crippen LogP contribution in [-0.2, 0) is 9.53 Å².